The molecule has 1 saturated heterocycles. The summed E-state index contributed by atoms with van der Waals surface area (Å²) in [6.07, 6.45) is 17.2. The molecule has 1 aliphatic carbocycles. The van der Waals surface area contributed by atoms with Crippen molar-refractivity contribution in [3.63, 3.8) is 0 Å². The molecule has 2 fully saturated rings. The zero-order valence-electron chi connectivity index (χ0n) is 16.1. The fraction of sp³-hybridized carbons (Fsp3) is 0.500. The first-order valence-electron chi connectivity index (χ1n) is 10.4. The van der Waals surface area contributed by atoms with E-state index in [1.807, 2.05) is 29.5 Å². The van der Waals surface area contributed by atoms with Gasteiger partial charge in [0.25, 0.3) is 0 Å². The molecule has 28 heavy (non-hydrogen) atoms. The monoisotopic (exact) mass is 378 g/mol. The first-order chi connectivity index (χ1) is 13.9. The molecule has 1 aliphatic heterocycles. The van der Waals surface area contributed by atoms with E-state index >= 15 is 0 Å². The number of ether oxygens (including phenoxy) is 2. The first kappa shape index (κ1) is 17.6. The van der Waals surface area contributed by atoms with Gasteiger partial charge in [-0.2, -0.15) is 5.10 Å². The van der Waals surface area contributed by atoms with Gasteiger partial charge in [0.15, 0.2) is 11.9 Å². The molecule has 1 saturated carbocycles. The third kappa shape index (κ3) is 3.61. The van der Waals surface area contributed by atoms with Crippen molar-refractivity contribution < 1.29 is 9.47 Å². The summed E-state index contributed by atoms with van der Waals surface area (Å²) in [6, 6.07) is 4.19. The molecule has 0 N–H and O–H groups in total. The van der Waals surface area contributed by atoms with Crippen molar-refractivity contribution in [3.05, 3.63) is 36.9 Å². The second-order valence-corrected chi connectivity index (χ2v) is 7.83. The molecule has 3 aromatic rings. The summed E-state index contributed by atoms with van der Waals surface area (Å²) in [6.45, 7) is 0.795. The third-order valence-corrected chi connectivity index (χ3v) is 5.76. The normalized spacial score (nSPS) is 21.1. The van der Waals surface area contributed by atoms with Crippen LogP contribution in [0.5, 0.6) is 5.75 Å². The Morgan fingerprint density at radius 3 is 2.61 bits per heavy atom. The van der Waals surface area contributed by atoms with E-state index in [9.17, 15) is 0 Å². The van der Waals surface area contributed by atoms with Crippen LogP contribution in [0.1, 0.15) is 57.6 Å². The van der Waals surface area contributed by atoms with E-state index in [1.54, 1.807) is 0 Å². The molecule has 5 rings (SSSR count). The number of fused-ring (bicyclic) bond motifs is 1. The molecule has 0 radical (unpaired) electrons. The van der Waals surface area contributed by atoms with Crippen LogP contribution in [0.3, 0.4) is 0 Å². The maximum absolute atomic E-state index is 6.17. The summed E-state index contributed by atoms with van der Waals surface area (Å²) in [5, 5.41) is 5.56. The van der Waals surface area contributed by atoms with Crippen molar-refractivity contribution >= 4 is 11.0 Å². The fourth-order valence-electron chi connectivity index (χ4n) is 4.24. The van der Waals surface area contributed by atoms with Crippen LogP contribution in [-0.2, 0) is 4.74 Å². The Balaban J connectivity index is 1.39. The van der Waals surface area contributed by atoms with Gasteiger partial charge in [-0.15, -0.1) is 0 Å². The van der Waals surface area contributed by atoms with Crippen molar-refractivity contribution in [1.82, 2.24) is 19.7 Å². The maximum atomic E-state index is 6.17. The number of hydrogen-bond acceptors (Lipinski definition) is 5. The molecule has 1 atom stereocenters. The van der Waals surface area contributed by atoms with Gasteiger partial charge in [-0.05, 0) is 57.1 Å². The summed E-state index contributed by atoms with van der Waals surface area (Å²) in [5.74, 6) is 0.843. The molecule has 4 heterocycles. The van der Waals surface area contributed by atoms with Crippen LogP contribution in [0.15, 0.2) is 36.9 Å². The standard InChI is InChI=1S/C22H26N4O2/c1-2-6-19(7-3-1)28-20-11-17(12-23-15-20)16-10-18-14-25-26(22(18)24-13-16)21-8-4-5-9-27-21/h10-15,19,21H,1-9H2. The van der Waals surface area contributed by atoms with Crippen LogP contribution in [0.4, 0.5) is 0 Å². The molecule has 2 aliphatic rings. The number of hydrogen-bond donors (Lipinski definition) is 0. The van der Waals surface area contributed by atoms with Crippen LogP contribution >= 0.6 is 0 Å². The molecule has 0 spiro atoms. The minimum atomic E-state index is -0.00140. The largest absolute Gasteiger partial charge is 0.489 e. The summed E-state index contributed by atoms with van der Waals surface area (Å²) < 4.78 is 14.0. The Morgan fingerprint density at radius 2 is 1.75 bits per heavy atom. The van der Waals surface area contributed by atoms with Crippen molar-refractivity contribution in [2.45, 2.75) is 63.7 Å². The number of aromatic nitrogens is 4. The van der Waals surface area contributed by atoms with Crippen LogP contribution in [-0.4, -0.2) is 32.5 Å². The smallest absolute Gasteiger partial charge is 0.160 e. The van der Waals surface area contributed by atoms with Crippen molar-refractivity contribution in [1.29, 1.82) is 0 Å². The lowest BCUT2D eigenvalue weighted by atomic mass is 9.98. The lowest BCUT2D eigenvalue weighted by molar-refractivity contribution is -0.0370. The first-order valence-corrected chi connectivity index (χ1v) is 10.4. The van der Waals surface area contributed by atoms with Crippen molar-refractivity contribution in [2.75, 3.05) is 6.61 Å². The Morgan fingerprint density at radius 1 is 0.893 bits per heavy atom. The third-order valence-electron chi connectivity index (χ3n) is 5.76. The number of rotatable bonds is 4. The molecule has 146 valence electrons. The summed E-state index contributed by atoms with van der Waals surface area (Å²) in [7, 11) is 0. The summed E-state index contributed by atoms with van der Waals surface area (Å²) >= 11 is 0. The quantitative estimate of drug-likeness (QED) is 0.646. The second-order valence-electron chi connectivity index (χ2n) is 7.83. The van der Waals surface area contributed by atoms with Gasteiger partial charge in [0.1, 0.15) is 5.75 Å². The van der Waals surface area contributed by atoms with Crippen LogP contribution < -0.4 is 4.74 Å². The molecule has 0 bridgehead atoms. The topological polar surface area (TPSA) is 62.1 Å². The van der Waals surface area contributed by atoms with E-state index in [0.29, 0.717) is 6.10 Å². The molecular weight excluding hydrogens is 352 g/mol. The lowest BCUT2D eigenvalue weighted by Gasteiger charge is -2.23. The van der Waals surface area contributed by atoms with Gasteiger partial charge >= 0.3 is 0 Å². The van der Waals surface area contributed by atoms with E-state index in [4.69, 9.17) is 9.47 Å². The highest BCUT2D eigenvalue weighted by Gasteiger charge is 2.20. The van der Waals surface area contributed by atoms with Crippen LogP contribution in [0, 0.1) is 0 Å². The highest BCUT2D eigenvalue weighted by Crippen LogP contribution is 2.30. The van der Waals surface area contributed by atoms with Gasteiger partial charge in [0, 0.05) is 35.5 Å². The minimum Gasteiger partial charge on any atom is -0.489 e. The predicted octanol–water partition coefficient (Wildman–Crippen LogP) is 4.90. The van der Waals surface area contributed by atoms with E-state index in [1.165, 1.54) is 25.7 Å². The van der Waals surface area contributed by atoms with Crippen molar-refractivity contribution in [3.8, 4) is 16.9 Å². The van der Waals surface area contributed by atoms with E-state index in [-0.39, 0.29) is 6.23 Å². The number of nitrogens with zero attached hydrogens (tertiary/aromatic N) is 4. The predicted molar refractivity (Wildman–Crippen MR) is 107 cm³/mol. The minimum absolute atomic E-state index is 0.00140. The van der Waals surface area contributed by atoms with Gasteiger partial charge < -0.3 is 9.47 Å². The highest BCUT2D eigenvalue weighted by molar-refractivity contribution is 5.80. The Kier molecular flexibility index (Phi) is 4.95. The van der Waals surface area contributed by atoms with Gasteiger partial charge in [-0.25, -0.2) is 9.67 Å². The van der Waals surface area contributed by atoms with E-state index in [0.717, 1.165) is 60.2 Å². The summed E-state index contributed by atoms with van der Waals surface area (Å²) in [4.78, 5) is 9.08. The molecule has 3 aromatic heterocycles. The zero-order chi connectivity index (χ0) is 18.8. The van der Waals surface area contributed by atoms with Gasteiger partial charge in [0.05, 0.1) is 18.5 Å². The highest BCUT2D eigenvalue weighted by atomic mass is 16.5. The second kappa shape index (κ2) is 7.87. The van der Waals surface area contributed by atoms with Crippen molar-refractivity contribution in [2.24, 2.45) is 0 Å². The SMILES string of the molecule is c1ncc(-c2cnc3c(cnn3C3CCCCO3)c2)cc1OC1CCCCC1. The molecule has 6 heteroatoms. The van der Waals surface area contributed by atoms with Gasteiger partial charge in [-0.1, -0.05) is 6.42 Å². The van der Waals surface area contributed by atoms with Gasteiger partial charge in [-0.3, -0.25) is 4.98 Å². The van der Waals surface area contributed by atoms with Crippen LogP contribution in [0.2, 0.25) is 0 Å². The Labute approximate surface area is 164 Å². The molecule has 0 aromatic carbocycles. The maximum Gasteiger partial charge on any atom is 0.160 e. The van der Waals surface area contributed by atoms with E-state index < -0.39 is 0 Å². The summed E-state index contributed by atoms with van der Waals surface area (Å²) in [5.41, 5.74) is 2.92. The average Bonchev–Trinajstić information content (AvgIpc) is 3.19. The fourth-order valence-corrected chi connectivity index (χ4v) is 4.24. The van der Waals surface area contributed by atoms with E-state index in [2.05, 4.69) is 27.2 Å². The Bertz CT molecular complexity index is 943. The molecule has 0 amide bonds. The van der Waals surface area contributed by atoms with Crippen LogP contribution in [0.25, 0.3) is 22.2 Å². The Hall–Kier alpha value is -2.47. The lowest BCUT2D eigenvalue weighted by Crippen LogP contribution is -2.19. The zero-order valence-corrected chi connectivity index (χ0v) is 16.1. The molecular formula is C22H26N4O2. The number of pyridine rings is 2. The average molecular weight is 378 g/mol. The van der Waals surface area contributed by atoms with Gasteiger partial charge in [0.2, 0.25) is 0 Å². The molecule has 1 unspecified atom stereocenters. The molecule has 6 nitrogen and oxygen atoms in total.